The Morgan fingerprint density at radius 2 is 1.86 bits per heavy atom. The Kier molecular flexibility index (Phi) is 3.80. The van der Waals surface area contributed by atoms with Gasteiger partial charge in [0.25, 0.3) is 0 Å². The average molecular weight is 223 g/mol. The van der Waals surface area contributed by atoms with E-state index in [1.54, 1.807) is 0 Å². The SMILES string of the molecule is OCCC(O)c1cc(F)c(F)cc1Cl. The first kappa shape index (κ1) is 11.4. The molecule has 0 spiro atoms. The molecule has 0 aliphatic carbocycles. The average Bonchev–Trinajstić information content (AvgIpc) is 2.11. The molecule has 2 N–H and O–H groups in total. The molecule has 0 radical (unpaired) electrons. The van der Waals surface area contributed by atoms with Crippen molar-refractivity contribution in [3.63, 3.8) is 0 Å². The topological polar surface area (TPSA) is 40.5 Å². The van der Waals surface area contributed by atoms with Crippen LogP contribution in [0.15, 0.2) is 12.1 Å². The van der Waals surface area contributed by atoms with Gasteiger partial charge in [-0.1, -0.05) is 11.6 Å². The zero-order valence-corrected chi connectivity index (χ0v) is 7.93. The normalized spacial score (nSPS) is 12.9. The Morgan fingerprint density at radius 1 is 1.29 bits per heavy atom. The van der Waals surface area contributed by atoms with Crippen LogP contribution in [0, 0.1) is 11.6 Å². The van der Waals surface area contributed by atoms with Gasteiger partial charge >= 0.3 is 0 Å². The Balaban J connectivity index is 3.02. The maximum atomic E-state index is 12.8. The molecule has 0 amide bonds. The Labute approximate surface area is 84.7 Å². The summed E-state index contributed by atoms with van der Waals surface area (Å²) >= 11 is 5.58. The number of benzene rings is 1. The third kappa shape index (κ3) is 2.41. The molecule has 2 nitrogen and oxygen atoms in total. The lowest BCUT2D eigenvalue weighted by Crippen LogP contribution is -2.02. The van der Waals surface area contributed by atoms with E-state index in [0.29, 0.717) is 0 Å². The third-order valence-corrected chi connectivity index (χ3v) is 2.13. The Bertz CT molecular complexity index is 331. The Hall–Kier alpha value is -0.710. The lowest BCUT2D eigenvalue weighted by atomic mass is 10.1. The molecule has 1 unspecified atom stereocenters. The highest BCUT2D eigenvalue weighted by Crippen LogP contribution is 2.27. The number of aliphatic hydroxyl groups excluding tert-OH is 2. The van der Waals surface area contributed by atoms with E-state index in [2.05, 4.69) is 0 Å². The van der Waals surface area contributed by atoms with Crippen molar-refractivity contribution in [1.82, 2.24) is 0 Å². The van der Waals surface area contributed by atoms with Gasteiger partial charge < -0.3 is 10.2 Å². The van der Waals surface area contributed by atoms with Crippen molar-refractivity contribution < 1.29 is 19.0 Å². The molecule has 14 heavy (non-hydrogen) atoms. The monoisotopic (exact) mass is 222 g/mol. The predicted molar refractivity (Wildman–Crippen MR) is 48.0 cm³/mol. The van der Waals surface area contributed by atoms with Crippen LogP contribution < -0.4 is 0 Å². The van der Waals surface area contributed by atoms with E-state index in [4.69, 9.17) is 16.7 Å². The summed E-state index contributed by atoms with van der Waals surface area (Å²) in [6, 6.07) is 1.63. The molecule has 1 aromatic carbocycles. The molecular weight excluding hydrogens is 214 g/mol. The molecule has 0 fully saturated rings. The van der Waals surface area contributed by atoms with Crippen molar-refractivity contribution in [1.29, 1.82) is 0 Å². The highest BCUT2D eigenvalue weighted by molar-refractivity contribution is 6.31. The molecule has 0 saturated heterocycles. The first-order chi connectivity index (χ1) is 6.56. The fourth-order valence-electron chi connectivity index (χ4n) is 1.07. The number of rotatable bonds is 3. The lowest BCUT2D eigenvalue weighted by molar-refractivity contribution is 0.134. The molecule has 78 valence electrons. The second-order valence-corrected chi connectivity index (χ2v) is 3.22. The van der Waals surface area contributed by atoms with Crippen LogP contribution in [0.4, 0.5) is 8.78 Å². The standard InChI is InChI=1S/C9H9ClF2O2/c10-6-4-8(12)7(11)3-5(6)9(14)1-2-13/h3-4,9,13-14H,1-2H2. The Morgan fingerprint density at radius 3 is 2.43 bits per heavy atom. The second kappa shape index (κ2) is 4.68. The lowest BCUT2D eigenvalue weighted by Gasteiger charge is -2.11. The van der Waals surface area contributed by atoms with Crippen LogP contribution in [-0.2, 0) is 0 Å². The van der Waals surface area contributed by atoms with E-state index < -0.39 is 17.7 Å². The molecule has 0 aliphatic rings. The minimum Gasteiger partial charge on any atom is -0.396 e. The highest BCUT2D eigenvalue weighted by atomic mass is 35.5. The summed E-state index contributed by atoms with van der Waals surface area (Å²) < 4.78 is 25.4. The molecule has 5 heteroatoms. The molecule has 1 aromatic rings. The molecule has 0 saturated carbocycles. The molecule has 0 aliphatic heterocycles. The summed E-state index contributed by atoms with van der Waals surface area (Å²) in [5.74, 6) is -2.13. The molecule has 0 bridgehead atoms. The van der Waals surface area contributed by atoms with Crippen LogP contribution >= 0.6 is 11.6 Å². The van der Waals surface area contributed by atoms with Crippen LogP contribution in [0.2, 0.25) is 5.02 Å². The van der Waals surface area contributed by atoms with Gasteiger partial charge in [-0.2, -0.15) is 0 Å². The van der Waals surface area contributed by atoms with Gasteiger partial charge in [0.1, 0.15) is 0 Å². The van der Waals surface area contributed by atoms with Crippen LogP contribution in [0.5, 0.6) is 0 Å². The van der Waals surface area contributed by atoms with Crippen LogP contribution in [-0.4, -0.2) is 16.8 Å². The summed E-state index contributed by atoms with van der Waals surface area (Å²) in [6.07, 6.45) is -1.05. The first-order valence-corrected chi connectivity index (χ1v) is 4.37. The number of halogens is 3. The van der Waals surface area contributed by atoms with Crippen molar-refractivity contribution in [3.05, 3.63) is 34.4 Å². The number of hydrogen-bond acceptors (Lipinski definition) is 2. The quantitative estimate of drug-likeness (QED) is 0.769. The maximum absolute atomic E-state index is 12.8. The van der Waals surface area contributed by atoms with Gasteiger partial charge in [-0.15, -0.1) is 0 Å². The maximum Gasteiger partial charge on any atom is 0.160 e. The van der Waals surface area contributed by atoms with Gasteiger partial charge in [0, 0.05) is 23.6 Å². The van der Waals surface area contributed by atoms with Crippen molar-refractivity contribution in [2.24, 2.45) is 0 Å². The highest BCUT2D eigenvalue weighted by Gasteiger charge is 2.14. The van der Waals surface area contributed by atoms with E-state index in [-0.39, 0.29) is 23.6 Å². The second-order valence-electron chi connectivity index (χ2n) is 2.82. The van der Waals surface area contributed by atoms with E-state index in [0.717, 1.165) is 12.1 Å². The van der Waals surface area contributed by atoms with Crippen molar-refractivity contribution >= 4 is 11.6 Å². The summed E-state index contributed by atoms with van der Waals surface area (Å²) in [7, 11) is 0. The minimum atomic E-state index is -1.08. The van der Waals surface area contributed by atoms with Crippen LogP contribution in [0.1, 0.15) is 18.1 Å². The van der Waals surface area contributed by atoms with Gasteiger partial charge in [-0.05, 0) is 12.1 Å². The summed E-state index contributed by atoms with van der Waals surface area (Å²) in [6.45, 7) is -0.253. The van der Waals surface area contributed by atoms with E-state index in [1.165, 1.54) is 0 Å². The molecule has 1 rings (SSSR count). The van der Waals surface area contributed by atoms with Gasteiger partial charge in [-0.25, -0.2) is 8.78 Å². The largest absolute Gasteiger partial charge is 0.396 e. The third-order valence-electron chi connectivity index (χ3n) is 1.80. The van der Waals surface area contributed by atoms with Gasteiger partial charge in [-0.3, -0.25) is 0 Å². The summed E-state index contributed by atoms with van der Waals surface area (Å²) in [5, 5.41) is 17.9. The van der Waals surface area contributed by atoms with Crippen LogP contribution in [0.25, 0.3) is 0 Å². The predicted octanol–water partition coefficient (Wildman–Crippen LogP) is 2.03. The van der Waals surface area contributed by atoms with Crippen molar-refractivity contribution in [2.75, 3.05) is 6.61 Å². The minimum absolute atomic E-state index is 0.0325. The fraction of sp³-hybridized carbons (Fsp3) is 0.333. The first-order valence-electron chi connectivity index (χ1n) is 3.99. The molecular formula is C9H9ClF2O2. The zero-order chi connectivity index (χ0) is 10.7. The zero-order valence-electron chi connectivity index (χ0n) is 7.17. The number of hydrogen-bond donors (Lipinski definition) is 2. The van der Waals surface area contributed by atoms with E-state index in [9.17, 15) is 13.9 Å². The number of aliphatic hydroxyl groups is 2. The van der Waals surface area contributed by atoms with Gasteiger partial charge in [0.15, 0.2) is 11.6 Å². The smallest absolute Gasteiger partial charge is 0.160 e. The van der Waals surface area contributed by atoms with Gasteiger partial charge in [0.05, 0.1) is 6.10 Å². The van der Waals surface area contributed by atoms with Gasteiger partial charge in [0.2, 0.25) is 0 Å². The van der Waals surface area contributed by atoms with Crippen molar-refractivity contribution in [2.45, 2.75) is 12.5 Å². The molecule has 1 atom stereocenters. The molecule has 0 heterocycles. The van der Waals surface area contributed by atoms with E-state index >= 15 is 0 Å². The summed E-state index contributed by atoms with van der Waals surface area (Å²) in [5.41, 5.74) is 0.0830. The van der Waals surface area contributed by atoms with Crippen molar-refractivity contribution in [3.8, 4) is 0 Å². The fourth-order valence-corrected chi connectivity index (χ4v) is 1.35. The summed E-state index contributed by atoms with van der Waals surface area (Å²) in [4.78, 5) is 0. The van der Waals surface area contributed by atoms with Crippen LogP contribution in [0.3, 0.4) is 0 Å². The molecule has 0 aromatic heterocycles. The van der Waals surface area contributed by atoms with E-state index in [1.807, 2.05) is 0 Å².